The molecule has 17 heavy (non-hydrogen) atoms. The van der Waals surface area contributed by atoms with Gasteiger partial charge in [0.25, 0.3) is 0 Å². The second-order valence-electron chi connectivity index (χ2n) is 3.43. The maximum atomic E-state index is 11.1. The molecule has 1 N–H and O–H groups in total. The van der Waals surface area contributed by atoms with E-state index >= 15 is 0 Å². The fourth-order valence-electron chi connectivity index (χ4n) is 1.30. The molecule has 0 bridgehead atoms. The molecule has 0 saturated heterocycles. The van der Waals surface area contributed by atoms with Crippen molar-refractivity contribution in [2.24, 2.45) is 0 Å². The molecular weight excluding hydrogens is 216 g/mol. The van der Waals surface area contributed by atoms with E-state index < -0.39 is 0 Å². The lowest BCUT2D eigenvalue weighted by atomic mass is 10.1. The molecule has 5 heteroatoms. The second kappa shape index (κ2) is 5.16. The summed E-state index contributed by atoms with van der Waals surface area (Å²) in [4.78, 5) is 23.2. The van der Waals surface area contributed by atoms with Crippen LogP contribution in [0.3, 0.4) is 0 Å². The van der Waals surface area contributed by atoms with Crippen LogP contribution in [0.1, 0.15) is 13.3 Å². The van der Waals surface area contributed by atoms with Gasteiger partial charge in [0.15, 0.2) is 0 Å². The van der Waals surface area contributed by atoms with Crippen LogP contribution >= 0.6 is 0 Å². The highest BCUT2D eigenvalue weighted by Crippen LogP contribution is 2.16. The number of amides is 1. The predicted octanol–water partition coefficient (Wildman–Crippen LogP) is 1.89. The van der Waals surface area contributed by atoms with Crippen molar-refractivity contribution in [1.82, 2.24) is 15.0 Å². The van der Waals surface area contributed by atoms with Crippen LogP contribution in [0, 0.1) is 0 Å². The Bertz CT molecular complexity index is 496. The smallest absolute Gasteiger partial charge is 0.229 e. The minimum Gasteiger partial charge on any atom is -0.295 e. The van der Waals surface area contributed by atoms with Gasteiger partial charge in [0.05, 0.1) is 0 Å². The third-order valence-corrected chi connectivity index (χ3v) is 2.24. The number of anilines is 1. The van der Waals surface area contributed by atoms with Gasteiger partial charge in [0.1, 0.15) is 0 Å². The maximum absolute atomic E-state index is 11.1. The van der Waals surface area contributed by atoms with E-state index in [0.717, 1.165) is 11.1 Å². The average Bonchev–Trinajstić information content (AvgIpc) is 2.40. The lowest BCUT2D eigenvalue weighted by Gasteiger charge is -2.03. The molecule has 0 aliphatic heterocycles. The maximum Gasteiger partial charge on any atom is 0.229 e. The van der Waals surface area contributed by atoms with Crippen molar-refractivity contribution >= 4 is 11.9 Å². The van der Waals surface area contributed by atoms with Crippen LogP contribution in [0.4, 0.5) is 5.95 Å². The van der Waals surface area contributed by atoms with E-state index in [0.29, 0.717) is 12.4 Å². The molecule has 86 valence electrons. The highest BCUT2D eigenvalue weighted by molar-refractivity contribution is 5.88. The molecular formula is C12H12N4O. The van der Waals surface area contributed by atoms with Crippen LogP contribution in [0.2, 0.25) is 0 Å². The number of rotatable bonds is 3. The van der Waals surface area contributed by atoms with Gasteiger partial charge in [-0.1, -0.05) is 6.92 Å². The Hall–Kier alpha value is -2.30. The Balaban J connectivity index is 2.16. The standard InChI is InChI=1S/C12H12N4O/c1-2-11(17)16-12-14-7-10(8-15-12)9-3-5-13-6-4-9/h3-8H,2H2,1H3,(H,14,15,16,17). The highest BCUT2D eigenvalue weighted by Gasteiger charge is 2.02. The monoisotopic (exact) mass is 228 g/mol. The fourth-order valence-corrected chi connectivity index (χ4v) is 1.30. The van der Waals surface area contributed by atoms with E-state index in [1.807, 2.05) is 12.1 Å². The molecule has 2 aromatic rings. The van der Waals surface area contributed by atoms with Crippen LogP contribution in [-0.4, -0.2) is 20.9 Å². The Morgan fingerprint density at radius 1 is 1.18 bits per heavy atom. The zero-order chi connectivity index (χ0) is 12.1. The topological polar surface area (TPSA) is 67.8 Å². The summed E-state index contributed by atoms with van der Waals surface area (Å²) < 4.78 is 0. The molecule has 0 fully saturated rings. The largest absolute Gasteiger partial charge is 0.295 e. The first-order valence-corrected chi connectivity index (χ1v) is 5.32. The number of pyridine rings is 1. The van der Waals surface area contributed by atoms with E-state index in [9.17, 15) is 4.79 Å². The Kier molecular flexibility index (Phi) is 3.40. The highest BCUT2D eigenvalue weighted by atomic mass is 16.1. The minimum absolute atomic E-state index is 0.0957. The first-order valence-electron chi connectivity index (χ1n) is 5.32. The first-order chi connectivity index (χ1) is 8.29. The Labute approximate surface area is 99.0 Å². The van der Waals surface area contributed by atoms with Gasteiger partial charge in [-0.05, 0) is 17.7 Å². The van der Waals surface area contributed by atoms with E-state index in [-0.39, 0.29) is 5.91 Å². The molecule has 0 aliphatic carbocycles. The molecule has 0 saturated carbocycles. The predicted molar refractivity (Wildman–Crippen MR) is 64.2 cm³/mol. The van der Waals surface area contributed by atoms with Crippen molar-refractivity contribution in [1.29, 1.82) is 0 Å². The van der Waals surface area contributed by atoms with Crippen molar-refractivity contribution in [2.75, 3.05) is 5.32 Å². The van der Waals surface area contributed by atoms with Crippen LogP contribution in [0.15, 0.2) is 36.9 Å². The number of carbonyl (C=O) groups excluding carboxylic acids is 1. The SMILES string of the molecule is CCC(=O)Nc1ncc(-c2ccncc2)cn1. The minimum atomic E-state index is -0.0957. The molecule has 2 rings (SSSR count). The lowest BCUT2D eigenvalue weighted by Crippen LogP contribution is -2.11. The fraction of sp³-hybridized carbons (Fsp3) is 0.167. The van der Waals surface area contributed by atoms with E-state index in [4.69, 9.17) is 0 Å². The summed E-state index contributed by atoms with van der Waals surface area (Å²) in [6.07, 6.45) is 7.18. The number of hydrogen-bond acceptors (Lipinski definition) is 4. The zero-order valence-corrected chi connectivity index (χ0v) is 9.42. The van der Waals surface area contributed by atoms with Crippen LogP contribution in [0.25, 0.3) is 11.1 Å². The normalized spacial score (nSPS) is 9.94. The summed E-state index contributed by atoms with van der Waals surface area (Å²) >= 11 is 0. The second-order valence-corrected chi connectivity index (χ2v) is 3.43. The van der Waals surface area contributed by atoms with Crippen molar-refractivity contribution in [3.8, 4) is 11.1 Å². The van der Waals surface area contributed by atoms with E-state index in [2.05, 4.69) is 20.3 Å². The van der Waals surface area contributed by atoms with Crippen molar-refractivity contribution in [3.63, 3.8) is 0 Å². The van der Waals surface area contributed by atoms with Gasteiger partial charge in [-0.25, -0.2) is 9.97 Å². The van der Waals surface area contributed by atoms with E-state index in [1.165, 1.54) is 0 Å². The van der Waals surface area contributed by atoms with Crippen LogP contribution in [-0.2, 0) is 4.79 Å². The number of hydrogen-bond donors (Lipinski definition) is 1. The molecule has 0 spiro atoms. The summed E-state index contributed by atoms with van der Waals surface area (Å²) in [5.74, 6) is 0.233. The Morgan fingerprint density at radius 3 is 2.41 bits per heavy atom. The lowest BCUT2D eigenvalue weighted by molar-refractivity contribution is -0.115. The third-order valence-electron chi connectivity index (χ3n) is 2.24. The summed E-state index contributed by atoms with van der Waals surface area (Å²) in [5.41, 5.74) is 1.88. The van der Waals surface area contributed by atoms with Gasteiger partial charge >= 0.3 is 0 Å². The Morgan fingerprint density at radius 2 is 1.82 bits per heavy atom. The van der Waals surface area contributed by atoms with Crippen molar-refractivity contribution < 1.29 is 4.79 Å². The first kappa shape index (κ1) is 11.2. The molecule has 5 nitrogen and oxygen atoms in total. The van der Waals surface area contributed by atoms with Gasteiger partial charge in [-0.2, -0.15) is 0 Å². The molecule has 2 heterocycles. The molecule has 1 amide bonds. The summed E-state index contributed by atoms with van der Waals surface area (Å²) in [6, 6.07) is 3.76. The number of carbonyl (C=O) groups is 1. The number of aromatic nitrogens is 3. The van der Waals surface area contributed by atoms with Crippen molar-refractivity contribution in [2.45, 2.75) is 13.3 Å². The van der Waals surface area contributed by atoms with Crippen molar-refractivity contribution in [3.05, 3.63) is 36.9 Å². The summed E-state index contributed by atoms with van der Waals surface area (Å²) in [6.45, 7) is 1.78. The molecule has 2 aromatic heterocycles. The number of nitrogens with one attached hydrogen (secondary N) is 1. The summed E-state index contributed by atoms with van der Waals surface area (Å²) in [7, 11) is 0. The van der Waals surface area contributed by atoms with Gasteiger partial charge < -0.3 is 0 Å². The molecule has 0 aliphatic rings. The quantitative estimate of drug-likeness (QED) is 0.871. The summed E-state index contributed by atoms with van der Waals surface area (Å²) in [5, 5.41) is 2.60. The van der Waals surface area contributed by atoms with Gasteiger partial charge in [-0.15, -0.1) is 0 Å². The molecule has 0 atom stereocenters. The molecule has 0 aromatic carbocycles. The van der Waals surface area contributed by atoms with Crippen LogP contribution in [0.5, 0.6) is 0 Å². The van der Waals surface area contributed by atoms with Gasteiger partial charge in [-0.3, -0.25) is 15.1 Å². The third kappa shape index (κ3) is 2.84. The molecule has 0 unspecified atom stereocenters. The van der Waals surface area contributed by atoms with E-state index in [1.54, 1.807) is 31.7 Å². The van der Waals surface area contributed by atoms with Crippen LogP contribution < -0.4 is 5.32 Å². The zero-order valence-electron chi connectivity index (χ0n) is 9.42. The average molecular weight is 228 g/mol. The van der Waals surface area contributed by atoms with Gasteiger partial charge in [0, 0.05) is 36.8 Å². The van der Waals surface area contributed by atoms with Gasteiger partial charge in [0.2, 0.25) is 11.9 Å². The molecule has 0 radical (unpaired) electrons. The number of nitrogens with zero attached hydrogens (tertiary/aromatic N) is 3.